The molecule has 0 bridgehead atoms. The minimum absolute atomic E-state index is 0.0119. The molecule has 25 heavy (non-hydrogen) atoms. The van der Waals surface area contributed by atoms with Gasteiger partial charge in [-0.05, 0) is 49.6 Å². The van der Waals surface area contributed by atoms with E-state index in [1.54, 1.807) is 0 Å². The summed E-state index contributed by atoms with van der Waals surface area (Å²) in [5, 5.41) is 11.3. The van der Waals surface area contributed by atoms with E-state index in [4.69, 9.17) is 9.84 Å². The first-order valence-corrected chi connectivity index (χ1v) is 8.26. The maximum absolute atomic E-state index is 11.5. The number of carboxylic acid groups (broad SMARTS) is 1. The van der Waals surface area contributed by atoms with Crippen LogP contribution in [0.3, 0.4) is 0 Å². The second-order valence-corrected chi connectivity index (χ2v) is 6.01. The summed E-state index contributed by atoms with van der Waals surface area (Å²) in [7, 11) is 0. The Hall–Kier alpha value is -2.82. The first kappa shape index (κ1) is 18.5. The lowest BCUT2D eigenvalue weighted by Gasteiger charge is -2.10. The van der Waals surface area contributed by atoms with Crippen molar-refractivity contribution in [3.8, 4) is 11.5 Å². The van der Waals surface area contributed by atoms with Gasteiger partial charge in [0, 0.05) is 13.0 Å². The number of carboxylic acids is 1. The number of nitrogens with one attached hydrogen (secondary N) is 1. The Kier molecular flexibility index (Phi) is 6.57. The molecule has 132 valence electrons. The number of carbonyl (C=O) groups is 2. The maximum atomic E-state index is 11.5. The van der Waals surface area contributed by atoms with Crippen LogP contribution in [0, 0.1) is 13.8 Å². The first-order chi connectivity index (χ1) is 11.9. The third kappa shape index (κ3) is 6.30. The van der Waals surface area contributed by atoms with E-state index < -0.39 is 5.97 Å². The molecule has 2 N–H and O–H groups in total. The second kappa shape index (κ2) is 8.87. The summed E-state index contributed by atoms with van der Waals surface area (Å²) in [4.78, 5) is 21.9. The summed E-state index contributed by atoms with van der Waals surface area (Å²) in [5.41, 5.74) is 3.37. The summed E-state index contributed by atoms with van der Waals surface area (Å²) < 4.78 is 5.89. The van der Waals surface area contributed by atoms with Gasteiger partial charge >= 0.3 is 5.97 Å². The molecule has 0 saturated heterocycles. The Bertz CT molecular complexity index is 738. The van der Waals surface area contributed by atoms with Crippen LogP contribution in [-0.2, 0) is 16.0 Å². The first-order valence-electron chi connectivity index (χ1n) is 8.26. The van der Waals surface area contributed by atoms with Crippen molar-refractivity contribution < 1.29 is 19.4 Å². The van der Waals surface area contributed by atoms with Gasteiger partial charge in [0.2, 0.25) is 5.91 Å². The van der Waals surface area contributed by atoms with Crippen LogP contribution in [0.1, 0.15) is 29.5 Å². The summed E-state index contributed by atoms with van der Waals surface area (Å²) in [6.07, 6.45) is 0.553. The molecular formula is C20H23NO4. The van der Waals surface area contributed by atoms with Crippen LogP contribution in [0.25, 0.3) is 0 Å². The van der Waals surface area contributed by atoms with Gasteiger partial charge in [-0.2, -0.15) is 0 Å². The molecule has 0 aliphatic rings. The van der Waals surface area contributed by atoms with Gasteiger partial charge in [0.1, 0.15) is 11.5 Å². The van der Waals surface area contributed by atoms with Gasteiger partial charge in [0.15, 0.2) is 0 Å². The molecule has 5 nitrogen and oxygen atoms in total. The smallest absolute Gasteiger partial charge is 0.303 e. The number of carbonyl (C=O) groups excluding carboxylic acids is 1. The van der Waals surface area contributed by atoms with E-state index in [2.05, 4.69) is 11.4 Å². The average Bonchev–Trinajstić information content (AvgIpc) is 2.57. The maximum Gasteiger partial charge on any atom is 0.303 e. The molecule has 0 unspecified atom stereocenters. The van der Waals surface area contributed by atoms with Gasteiger partial charge in [0.05, 0.1) is 6.42 Å². The topological polar surface area (TPSA) is 75.6 Å². The van der Waals surface area contributed by atoms with Gasteiger partial charge in [-0.1, -0.05) is 29.8 Å². The fraction of sp³-hybridized carbons (Fsp3) is 0.300. The van der Waals surface area contributed by atoms with Crippen molar-refractivity contribution in [3.05, 3.63) is 59.2 Å². The van der Waals surface area contributed by atoms with Crippen molar-refractivity contribution in [2.24, 2.45) is 0 Å². The van der Waals surface area contributed by atoms with Crippen molar-refractivity contribution in [2.75, 3.05) is 6.54 Å². The summed E-state index contributed by atoms with van der Waals surface area (Å²) in [6.45, 7) is 4.55. The molecule has 5 heteroatoms. The zero-order valence-electron chi connectivity index (χ0n) is 14.5. The highest BCUT2D eigenvalue weighted by molar-refractivity contribution is 5.80. The fourth-order valence-corrected chi connectivity index (χ4v) is 2.42. The predicted octanol–water partition coefficient (Wildman–Crippen LogP) is 3.62. The number of rotatable bonds is 8. The van der Waals surface area contributed by atoms with E-state index in [0.717, 1.165) is 22.6 Å². The molecule has 0 radical (unpaired) electrons. The zero-order chi connectivity index (χ0) is 18.2. The molecule has 0 fully saturated rings. The van der Waals surface area contributed by atoms with Crippen molar-refractivity contribution in [3.63, 3.8) is 0 Å². The Balaban J connectivity index is 1.81. The van der Waals surface area contributed by atoms with Gasteiger partial charge in [-0.3, -0.25) is 9.59 Å². The zero-order valence-corrected chi connectivity index (χ0v) is 14.5. The third-order valence-electron chi connectivity index (χ3n) is 3.78. The Labute approximate surface area is 147 Å². The molecule has 0 saturated carbocycles. The summed E-state index contributed by atoms with van der Waals surface area (Å²) >= 11 is 0. The van der Waals surface area contributed by atoms with Crippen LogP contribution in [0.4, 0.5) is 0 Å². The van der Waals surface area contributed by atoms with E-state index in [9.17, 15) is 9.59 Å². The molecular weight excluding hydrogens is 318 g/mol. The lowest BCUT2D eigenvalue weighted by molar-refractivity contribution is -0.138. The van der Waals surface area contributed by atoms with Crippen LogP contribution in [0.15, 0.2) is 42.5 Å². The summed E-state index contributed by atoms with van der Waals surface area (Å²) in [5.74, 6) is 0.400. The molecule has 0 spiro atoms. The van der Waals surface area contributed by atoms with E-state index in [0.29, 0.717) is 13.0 Å². The molecule has 2 aromatic rings. The average molecular weight is 341 g/mol. The highest BCUT2D eigenvalue weighted by atomic mass is 16.5. The standard InChI is InChI=1S/C20H23NO4/c1-14-3-8-18(15(2)13-14)25-17-6-4-16(5-7-17)11-12-21-19(22)9-10-20(23)24/h3-8,13H,9-12H2,1-2H3,(H,21,22)(H,23,24). The Morgan fingerprint density at radius 3 is 2.40 bits per heavy atom. The van der Waals surface area contributed by atoms with Crippen molar-refractivity contribution in [2.45, 2.75) is 33.1 Å². The van der Waals surface area contributed by atoms with E-state index in [1.165, 1.54) is 5.56 Å². The largest absolute Gasteiger partial charge is 0.481 e. The number of hydrogen-bond donors (Lipinski definition) is 2. The van der Waals surface area contributed by atoms with Crippen LogP contribution < -0.4 is 10.1 Å². The lowest BCUT2D eigenvalue weighted by atomic mass is 10.1. The SMILES string of the molecule is Cc1ccc(Oc2ccc(CCNC(=O)CCC(=O)O)cc2)c(C)c1. The van der Waals surface area contributed by atoms with E-state index in [-0.39, 0.29) is 18.7 Å². The minimum Gasteiger partial charge on any atom is -0.481 e. The molecule has 2 aromatic carbocycles. The Morgan fingerprint density at radius 1 is 1.04 bits per heavy atom. The molecule has 0 atom stereocenters. The quantitative estimate of drug-likeness (QED) is 0.769. The van der Waals surface area contributed by atoms with Crippen LogP contribution in [0.2, 0.25) is 0 Å². The van der Waals surface area contributed by atoms with Crippen LogP contribution in [-0.4, -0.2) is 23.5 Å². The van der Waals surface area contributed by atoms with Gasteiger partial charge in [0.25, 0.3) is 0 Å². The minimum atomic E-state index is -0.963. The third-order valence-corrected chi connectivity index (χ3v) is 3.78. The van der Waals surface area contributed by atoms with Gasteiger partial charge in [-0.25, -0.2) is 0 Å². The highest BCUT2D eigenvalue weighted by Gasteiger charge is 2.05. The normalized spacial score (nSPS) is 10.3. The number of aryl methyl sites for hydroxylation is 2. The van der Waals surface area contributed by atoms with Crippen molar-refractivity contribution >= 4 is 11.9 Å². The van der Waals surface area contributed by atoms with Crippen molar-refractivity contribution in [1.82, 2.24) is 5.32 Å². The van der Waals surface area contributed by atoms with E-state index >= 15 is 0 Å². The highest BCUT2D eigenvalue weighted by Crippen LogP contribution is 2.25. The lowest BCUT2D eigenvalue weighted by Crippen LogP contribution is -2.25. The van der Waals surface area contributed by atoms with Crippen molar-refractivity contribution in [1.29, 1.82) is 0 Å². The monoisotopic (exact) mass is 341 g/mol. The summed E-state index contributed by atoms with van der Waals surface area (Å²) in [6, 6.07) is 13.8. The molecule has 1 amide bonds. The fourth-order valence-electron chi connectivity index (χ4n) is 2.42. The van der Waals surface area contributed by atoms with Crippen LogP contribution in [0.5, 0.6) is 11.5 Å². The molecule has 0 aromatic heterocycles. The molecule has 2 rings (SSSR count). The molecule has 0 heterocycles. The number of amides is 1. The van der Waals surface area contributed by atoms with Gasteiger partial charge in [-0.15, -0.1) is 0 Å². The predicted molar refractivity (Wildman–Crippen MR) is 96.0 cm³/mol. The molecule has 0 aliphatic heterocycles. The Morgan fingerprint density at radius 2 is 1.76 bits per heavy atom. The van der Waals surface area contributed by atoms with Crippen LogP contribution >= 0.6 is 0 Å². The van der Waals surface area contributed by atoms with E-state index in [1.807, 2.05) is 50.2 Å². The molecule has 0 aliphatic carbocycles. The number of aliphatic carboxylic acids is 1. The second-order valence-electron chi connectivity index (χ2n) is 6.01. The number of ether oxygens (including phenoxy) is 1. The van der Waals surface area contributed by atoms with Gasteiger partial charge < -0.3 is 15.2 Å². The number of hydrogen-bond acceptors (Lipinski definition) is 3. The number of benzene rings is 2.